The van der Waals surface area contributed by atoms with Crippen LogP contribution in [0, 0.1) is 17.1 Å². The lowest BCUT2D eigenvalue weighted by Gasteiger charge is -2.37. The topological polar surface area (TPSA) is 74.6 Å². The number of nitrogens with zero attached hydrogens (tertiary/aromatic N) is 7. The van der Waals surface area contributed by atoms with Crippen LogP contribution in [-0.4, -0.2) is 63.2 Å². The second-order valence-corrected chi connectivity index (χ2v) is 9.06. The van der Waals surface area contributed by atoms with E-state index in [1.807, 2.05) is 6.07 Å². The van der Waals surface area contributed by atoms with Crippen molar-refractivity contribution < 1.29 is 9.13 Å². The molecular weight excluding hydrogens is 409 g/mol. The molecule has 0 saturated carbocycles. The number of ether oxygens (including phenoxy) is 1. The van der Waals surface area contributed by atoms with Gasteiger partial charge in [-0.2, -0.15) is 15.5 Å². The van der Waals surface area contributed by atoms with Crippen molar-refractivity contribution >= 4 is 11.2 Å². The van der Waals surface area contributed by atoms with E-state index < -0.39 is 5.82 Å². The summed E-state index contributed by atoms with van der Waals surface area (Å²) in [5, 5.41) is 18.5. The lowest BCUT2D eigenvalue weighted by Crippen LogP contribution is -2.46. The first-order valence-corrected chi connectivity index (χ1v) is 11.4. The van der Waals surface area contributed by atoms with E-state index in [1.165, 1.54) is 27.7 Å². The lowest BCUT2D eigenvalue weighted by atomic mass is 9.90. The summed E-state index contributed by atoms with van der Waals surface area (Å²) in [4.78, 5) is 4.76. The zero-order valence-corrected chi connectivity index (χ0v) is 18.2. The van der Waals surface area contributed by atoms with Crippen LogP contribution in [0.2, 0.25) is 0 Å². The highest BCUT2D eigenvalue weighted by Gasteiger charge is 2.34. The highest BCUT2D eigenvalue weighted by Crippen LogP contribution is 2.35. The molecule has 32 heavy (non-hydrogen) atoms. The lowest BCUT2D eigenvalue weighted by molar-refractivity contribution is 0.0135. The zero-order chi connectivity index (χ0) is 21.8. The number of hydrogen-bond acceptors (Lipinski definition) is 6. The minimum Gasteiger partial charge on any atom is -0.379 e. The molecule has 3 aromatic rings. The van der Waals surface area contributed by atoms with E-state index in [9.17, 15) is 9.65 Å². The fourth-order valence-corrected chi connectivity index (χ4v) is 5.65. The van der Waals surface area contributed by atoms with Gasteiger partial charge in [-0.1, -0.05) is 0 Å². The fourth-order valence-electron chi connectivity index (χ4n) is 5.65. The molecule has 0 bridgehead atoms. The molecule has 1 aliphatic carbocycles. The molecule has 2 atom stereocenters. The third-order valence-electron chi connectivity index (χ3n) is 7.21. The predicted octanol–water partition coefficient (Wildman–Crippen LogP) is 2.31. The maximum absolute atomic E-state index is 14.7. The van der Waals surface area contributed by atoms with Crippen LogP contribution in [0.4, 0.5) is 10.1 Å². The van der Waals surface area contributed by atoms with Crippen LogP contribution in [0.25, 0.3) is 5.52 Å². The summed E-state index contributed by atoms with van der Waals surface area (Å²) in [6.45, 7) is 7.22. The Labute approximate surface area is 185 Å². The highest BCUT2D eigenvalue weighted by atomic mass is 19.1. The van der Waals surface area contributed by atoms with Gasteiger partial charge in [0.15, 0.2) is 5.82 Å². The maximum atomic E-state index is 14.7. The molecule has 0 N–H and O–H groups in total. The van der Waals surface area contributed by atoms with Crippen molar-refractivity contribution in [2.75, 3.05) is 37.7 Å². The van der Waals surface area contributed by atoms with E-state index in [0.29, 0.717) is 23.8 Å². The monoisotopic (exact) mass is 435 g/mol. The summed E-state index contributed by atoms with van der Waals surface area (Å²) in [5.74, 6) is -0.404. The number of aromatic nitrogens is 4. The van der Waals surface area contributed by atoms with Crippen molar-refractivity contribution in [2.24, 2.45) is 0 Å². The molecule has 0 radical (unpaired) electrons. The Morgan fingerprint density at radius 2 is 2.09 bits per heavy atom. The van der Waals surface area contributed by atoms with Gasteiger partial charge < -0.3 is 9.64 Å². The Morgan fingerprint density at radius 3 is 2.91 bits per heavy atom. The molecule has 0 amide bonds. The molecular formula is C23H26FN7O. The summed E-state index contributed by atoms with van der Waals surface area (Å²) < 4.78 is 23.8. The molecule has 8 nitrogen and oxygen atoms in total. The minimum atomic E-state index is -0.404. The highest BCUT2D eigenvalue weighted by molar-refractivity contribution is 5.75. The first-order chi connectivity index (χ1) is 15.6. The van der Waals surface area contributed by atoms with Gasteiger partial charge in [-0.25, -0.2) is 8.91 Å². The van der Waals surface area contributed by atoms with Crippen LogP contribution < -0.4 is 4.90 Å². The Kier molecular flexibility index (Phi) is 4.66. The zero-order valence-electron chi connectivity index (χ0n) is 18.2. The van der Waals surface area contributed by atoms with E-state index in [-0.39, 0.29) is 6.04 Å². The third-order valence-corrected chi connectivity index (χ3v) is 7.21. The first kappa shape index (κ1) is 19.7. The van der Waals surface area contributed by atoms with Gasteiger partial charge in [-0.05, 0) is 37.5 Å². The van der Waals surface area contributed by atoms with E-state index in [1.54, 1.807) is 6.07 Å². The standard InChI is InChI=1S/C23H26FN7O/c1-15-13-29(21-5-3-17(11-25)31-23(21)19(24)12-26-31)14-22-18-4-2-16(10-20(18)27-30(15)22)28-6-8-32-9-7-28/h3,5,12,15-16H,2,4,6-10,13-14H2,1H3/t15-,16?/m1/s1. The number of halogens is 1. The molecule has 0 spiro atoms. The van der Waals surface area contributed by atoms with Gasteiger partial charge in [0.25, 0.3) is 0 Å². The van der Waals surface area contributed by atoms with E-state index in [2.05, 4.69) is 32.6 Å². The molecule has 3 aromatic heterocycles. The van der Waals surface area contributed by atoms with Gasteiger partial charge in [0.05, 0.1) is 49.1 Å². The first-order valence-electron chi connectivity index (χ1n) is 11.4. The fraction of sp³-hybridized carbons (Fsp3) is 0.522. The molecule has 166 valence electrons. The Hall–Kier alpha value is -2.96. The number of rotatable bonds is 2. The molecule has 9 heteroatoms. The molecule has 1 saturated heterocycles. The summed E-state index contributed by atoms with van der Waals surface area (Å²) in [5.41, 5.74) is 5.29. The average molecular weight is 436 g/mol. The van der Waals surface area contributed by atoms with Crippen LogP contribution in [-0.2, 0) is 24.1 Å². The number of anilines is 1. The molecule has 6 rings (SSSR count). The molecule has 5 heterocycles. The van der Waals surface area contributed by atoms with Gasteiger partial charge in [-0.15, -0.1) is 0 Å². The number of morpholine rings is 1. The van der Waals surface area contributed by atoms with Crippen molar-refractivity contribution in [1.82, 2.24) is 24.3 Å². The number of nitriles is 1. The largest absolute Gasteiger partial charge is 0.379 e. The second-order valence-electron chi connectivity index (χ2n) is 9.06. The predicted molar refractivity (Wildman–Crippen MR) is 116 cm³/mol. The molecule has 1 unspecified atom stereocenters. The van der Waals surface area contributed by atoms with Crippen LogP contribution >= 0.6 is 0 Å². The number of pyridine rings is 1. The Balaban J connectivity index is 1.33. The molecule has 3 aliphatic rings. The maximum Gasteiger partial charge on any atom is 0.171 e. The van der Waals surface area contributed by atoms with E-state index in [4.69, 9.17) is 9.84 Å². The summed E-state index contributed by atoms with van der Waals surface area (Å²) in [6.07, 6.45) is 4.33. The van der Waals surface area contributed by atoms with Crippen molar-refractivity contribution in [1.29, 1.82) is 5.26 Å². The smallest absolute Gasteiger partial charge is 0.171 e. The molecule has 1 fully saturated rings. The molecule has 2 aliphatic heterocycles. The average Bonchev–Trinajstić information content (AvgIpc) is 3.40. The normalized spacial score (nSPS) is 23.7. The van der Waals surface area contributed by atoms with Crippen LogP contribution in [0.15, 0.2) is 18.3 Å². The van der Waals surface area contributed by atoms with Gasteiger partial charge in [0.2, 0.25) is 0 Å². The van der Waals surface area contributed by atoms with Crippen LogP contribution in [0.1, 0.15) is 42.0 Å². The van der Waals surface area contributed by atoms with Gasteiger partial charge in [-0.3, -0.25) is 9.58 Å². The van der Waals surface area contributed by atoms with Crippen LogP contribution in [0.3, 0.4) is 0 Å². The summed E-state index contributed by atoms with van der Waals surface area (Å²) >= 11 is 0. The van der Waals surface area contributed by atoms with Gasteiger partial charge in [0.1, 0.15) is 17.3 Å². The van der Waals surface area contributed by atoms with Crippen molar-refractivity contribution in [2.45, 2.75) is 44.8 Å². The van der Waals surface area contributed by atoms with Crippen molar-refractivity contribution in [3.05, 3.63) is 46.8 Å². The Bertz CT molecular complexity index is 1220. The molecule has 0 aromatic carbocycles. The quantitative estimate of drug-likeness (QED) is 0.615. The Morgan fingerprint density at radius 1 is 1.25 bits per heavy atom. The summed E-state index contributed by atoms with van der Waals surface area (Å²) in [6, 6.07) is 6.37. The van der Waals surface area contributed by atoms with Gasteiger partial charge >= 0.3 is 0 Å². The van der Waals surface area contributed by atoms with Crippen molar-refractivity contribution in [3.63, 3.8) is 0 Å². The van der Waals surface area contributed by atoms with E-state index in [0.717, 1.165) is 57.8 Å². The van der Waals surface area contributed by atoms with Gasteiger partial charge in [0, 0.05) is 32.1 Å². The SMILES string of the molecule is C[C@@H]1CN(c2ccc(C#N)n3ncc(F)c23)Cc2c3c(nn21)CC(N1CCOCC1)CC3. The number of fused-ring (bicyclic) bond motifs is 4. The number of hydrogen-bond donors (Lipinski definition) is 0. The van der Waals surface area contributed by atoms with Crippen LogP contribution in [0.5, 0.6) is 0 Å². The third kappa shape index (κ3) is 3.01. The second kappa shape index (κ2) is 7.57. The van der Waals surface area contributed by atoms with E-state index >= 15 is 0 Å². The minimum absolute atomic E-state index is 0.174. The summed E-state index contributed by atoms with van der Waals surface area (Å²) in [7, 11) is 0. The van der Waals surface area contributed by atoms with Crippen molar-refractivity contribution in [3.8, 4) is 6.07 Å².